The molecule has 0 amide bonds. The number of tetrazole rings is 1. The second kappa shape index (κ2) is 4.95. The summed E-state index contributed by atoms with van der Waals surface area (Å²) in [5, 5.41) is 20.7. The van der Waals surface area contributed by atoms with E-state index in [0.717, 1.165) is 11.1 Å². The molecule has 0 spiro atoms. The van der Waals surface area contributed by atoms with E-state index < -0.39 is 5.97 Å². The molecule has 2 aromatic rings. The van der Waals surface area contributed by atoms with Crippen LogP contribution in [0, 0.1) is 6.92 Å². The zero-order valence-electron chi connectivity index (χ0n) is 10.2. The lowest BCUT2D eigenvalue weighted by molar-refractivity contribution is -0.137. The van der Waals surface area contributed by atoms with E-state index in [-0.39, 0.29) is 12.3 Å². The first-order valence-electron chi connectivity index (χ1n) is 5.58. The molecule has 0 aliphatic rings. The van der Waals surface area contributed by atoms with Gasteiger partial charge in [0.15, 0.2) is 5.82 Å². The maximum Gasteiger partial charge on any atom is 0.304 e. The molecule has 6 heteroatoms. The van der Waals surface area contributed by atoms with Crippen molar-refractivity contribution >= 4 is 5.97 Å². The summed E-state index contributed by atoms with van der Waals surface area (Å²) >= 11 is 0. The van der Waals surface area contributed by atoms with Gasteiger partial charge in [-0.05, 0) is 17.7 Å². The minimum absolute atomic E-state index is 0.0469. The summed E-state index contributed by atoms with van der Waals surface area (Å²) in [5.41, 5.74) is 2.01. The number of carboxylic acid groups (broad SMARTS) is 1. The second-order valence-electron chi connectivity index (χ2n) is 4.20. The van der Waals surface area contributed by atoms with E-state index in [0.29, 0.717) is 5.82 Å². The SMILES string of the molecule is Cc1ccc(C(CC(=O)O)c2nnn(C)n2)cc1. The lowest BCUT2D eigenvalue weighted by Crippen LogP contribution is -2.10. The Morgan fingerprint density at radius 1 is 1.39 bits per heavy atom. The maximum absolute atomic E-state index is 10.9. The molecule has 6 nitrogen and oxygen atoms in total. The Morgan fingerprint density at radius 3 is 2.56 bits per heavy atom. The van der Waals surface area contributed by atoms with Crippen LogP contribution < -0.4 is 0 Å². The van der Waals surface area contributed by atoms with Crippen molar-refractivity contribution in [2.45, 2.75) is 19.3 Å². The number of carboxylic acids is 1. The number of benzene rings is 1. The van der Waals surface area contributed by atoms with E-state index >= 15 is 0 Å². The molecular formula is C12H14N4O2. The highest BCUT2D eigenvalue weighted by atomic mass is 16.4. The topological polar surface area (TPSA) is 80.9 Å². The summed E-state index contributed by atoms with van der Waals surface area (Å²) in [4.78, 5) is 12.3. The van der Waals surface area contributed by atoms with Crippen LogP contribution in [0.15, 0.2) is 24.3 Å². The summed E-state index contributed by atoms with van der Waals surface area (Å²) in [6, 6.07) is 7.69. The third-order valence-corrected chi connectivity index (χ3v) is 2.69. The first-order chi connectivity index (χ1) is 8.56. The van der Waals surface area contributed by atoms with Crippen LogP contribution in [0.5, 0.6) is 0 Å². The van der Waals surface area contributed by atoms with Crippen molar-refractivity contribution in [1.82, 2.24) is 20.2 Å². The number of rotatable bonds is 4. The van der Waals surface area contributed by atoms with Crippen LogP contribution in [-0.4, -0.2) is 31.3 Å². The number of aromatic nitrogens is 4. The van der Waals surface area contributed by atoms with Gasteiger partial charge in [0.1, 0.15) is 0 Å². The van der Waals surface area contributed by atoms with Gasteiger partial charge in [-0.2, -0.15) is 4.80 Å². The number of aryl methyl sites for hydroxylation is 2. The van der Waals surface area contributed by atoms with E-state index in [1.807, 2.05) is 31.2 Å². The molecule has 0 bridgehead atoms. The van der Waals surface area contributed by atoms with Gasteiger partial charge in [-0.15, -0.1) is 10.2 Å². The first kappa shape index (κ1) is 12.2. The largest absolute Gasteiger partial charge is 0.481 e. The minimum atomic E-state index is -0.881. The average molecular weight is 246 g/mol. The smallest absolute Gasteiger partial charge is 0.304 e. The van der Waals surface area contributed by atoms with Gasteiger partial charge in [-0.3, -0.25) is 4.79 Å². The third kappa shape index (κ3) is 2.71. The van der Waals surface area contributed by atoms with E-state index in [1.165, 1.54) is 4.80 Å². The summed E-state index contributed by atoms with van der Waals surface area (Å²) in [7, 11) is 1.66. The van der Waals surface area contributed by atoms with E-state index in [1.54, 1.807) is 7.05 Å². The Balaban J connectivity index is 2.36. The van der Waals surface area contributed by atoms with Gasteiger partial charge in [0.05, 0.1) is 19.4 Å². The van der Waals surface area contributed by atoms with Crippen LogP contribution in [0.3, 0.4) is 0 Å². The number of aliphatic carboxylic acids is 1. The molecule has 0 radical (unpaired) electrons. The van der Waals surface area contributed by atoms with Crippen LogP contribution in [0.1, 0.15) is 29.3 Å². The molecule has 1 unspecified atom stereocenters. The molecular weight excluding hydrogens is 232 g/mol. The summed E-state index contributed by atoms with van der Waals surface area (Å²) in [6.45, 7) is 1.98. The molecule has 18 heavy (non-hydrogen) atoms. The fraction of sp³-hybridized carbons (Fsp3) is 0.333. The predicted octanol–water partition coefficient (Wildman–Crippen LogP) is 1.13. The summed E-state index contributed by atoms with van der Waals surface area (Å²) < 4.78 is 0. The Morgan fingerprint density at radius 2 is 2.06 bits per heavy atom. The van der Waals surface area contributed by atoms with Gasteiger partial charge in [-0.25, -0.2) is 0 Å². The van der Waals surface area contributed by atoms with Crippen molar-refractivity contribution in [2.75, 3.05) is 0 Å². The van der Waals surface area contributed by atoms with Gasteiger partial charge >= 0.3 is 5.97 Å². The number of hydrogen-bond donors (Lipinski definition) is 1. The lowest BCUT2D eigenvalue weighted by Gasteiger charge is -2.11. The molecule has 1 heterocycles. The number of hydrogen-bond acceptors (Lipinski definition) is 4. The highest BCUT2D eigenvalue weighted by molar-refractivity contribution is 5.68. The Kier molecular flexibility index (Phi) is 3.36. The van der Waals surface area contributed by atoms with Gasteiger partial charge in [0.2, 0.25) is 0 Å². The van der Waals surface area contributed by atoms with Crippen molar-refractivity contribution in [1.29, 1.82) is 0 Å². The molecule has 1 atom stereocenters. The molecule has 0 fully saturated rings. The van der Waals surface area contributed by atoms with E-state index in [9.17, 15) is 4.79 Å². The lowest BCUT2D eigenvalue weighted by atomic mass is 9.94. The quantitative estimate of drug-likeness (QED) is 0.874. The molecule has 2 rings (SSSR count). The second-order valence-corrected chi connectivity index (χ2v) is 4.20. The Bertz CT molecular complexity index is 547. The van der Waals surface area contributed by atoms with Gasteiger partial charge < -0.3 is 5.11 Å². The molecule has 0 aliphatic carbocycles. The van der Waals surface area contributed by atoms with Crippen LogP contribution in [0.4, 0.5) is 0 Å². The van der Waals surface area contributed by atoms with Crippen molar-refractivity contribution < 1.29 is 9.90 Å². The fourth-order valence-corrected chi connectivity index (χ4v) is 1.77. The van der Waals surface area contributed by atoms with E-state index in [4.69, 9.17) is 5.11 Å². The molecule has 1 aromatic heterocycles. The van der Waals surface area contributed by atoms with Crippen LogP contribution in [0.2, 0.25) is 0 Å². The van der Waals surface area contributed by atoms with Gasteiger partial charge in [-0.1, -0.05) is 29.8 Å². The minimum Gasteiger partial charge on any atom is -0.481 e. The van der Waals surface area contributed by atoms with Crippen molar-refractivity contribution in [3.8, 4) is 0 Å². The standard InChI is InChI=1S/C12H14N4O2/c1-8-3-5-9(6-4-8)10(7-11(17)18)12-13-15-16(2)14-12/h3-6,10H,7H2,1-2H3,(H,17,18). The molecule has 0 saturated carbocycles. The molecule has 0 saturated heterocycles. The monoisotopic (exact) mass is 246 g/mol. The zero-order valence-corrected chi connectivity index (χ0v) is 10.2. The normalized spacial score (nSPS) is 12.3. The molecule has 1 aromatic carbocycles. The van der Waals surface area contributed by atoms with Crippen LogP contribution >= 0.6 is 0 Å². The van der Waals surface area contributed by atoms with Crippen LogP contribution in [-0.2, 0) is 11.8 Å². The molecule has 94 valence electrons. The highest BCUT2D eigenvalue weighted by Gasteiger charge is 2.22. The molecule has 0 aliphatic heterocycles. The average Bonchev–Trinajstić information content (AvgIpc) is 2.74. The predicted molar refractivity (Wildman–Crippen MR) is 64.1 cm³/mol. The van der Waals surface area contributed by atoms with E-state index in [2.05, 4.69) is 15.4 Å². The number of carbonyl (C=O) groups is 1. The number of nitrogens with zero attached hydrogens (tertiary/aromatic N) is 4. The summed E-state index contributed by atoms with van der Waals surface area (Å²) in [5.74, 6) is -0.811. The van der Waals surface area contributed by atoms with Crippen molar-refractivity contribution in [3.05, 3.63) is 41.2 Å². The maximum atomic E-state index is 10.9. The fourth-order valence-electron chi connectivity index (χ4n) is 1.77. The van der Waals surface area contributed by atoms with Crippen molar-refractivity contribution in [3.63, 3.8) is 0 Å². The zero-order chi connectivity index (χ0) is 13.1. The Labute approximate surface area is 104 Å². The summed E-state index contributed by atoms with van der Waals surface area (Å²) in [6.07, 6.45) is -0.0469. The third-order valence-electron chi connectivity index (χ3n) is 2.69. The van der Waals surface area contributed by atoms with Gasteiger partial charge in [0, 0.05) is 0 Å². The Hall–Kier alpha value is -2.24. The first-order valence-corrected chi connectivity index (χ1v) is 5.58. The van der Waals surface area contributed by atoms with Gasteiger partial charge in [0.25, 0.3) is 0 Å². The van der Waals surface area contributed by atoms with Crippen LogP contribution in [0.25, 0.3) is 0 Å². The van der Waals surface area contributed by atoms with Crippen molar-refractivity contribution in [2.24, 2.45) is 7.05 Å². The highest BCUT2D eigenvalue weighted by Crippen LogP contribution is 2.25. The molecule has 1 N–H and O–H groups in total.